The highest BCUT2D eigenvalue weighted by Crippen LogP contribution is 2.61. The van der Waals surface area contributed by atoms with Crippen LogP contribution in [0.1, 0.15) is 35.4 Å². The van der Waals surface area contributed by atoms with Gasteiger partial charge in [-0.25, -0.2) is 0 Å². The van der Waals surface area contributed by atoms with E-state index in [1.807, 2.05) is 72.8 Å². The molecule has 4 heteroatoms. The van der Waals surface area contributed by atoms with Crippen molar-refractivity contribution < 1.29 is 14.3 Å². The maximum absolute atomic E-state index is 14.0. The number of hydrogen-bond donors (Lipinski definition) is 1. The van der Waals surface area contributed by atoms with Gasteiger partial charge in [0.05, 0.1) is 12.5 Å². The molecule has 1 N–H and O–H groups in total. The molecule has 1 aliphatic heterocycles. The standard InChI is InChI=1S/C28H25NO3/c1-18-16-21(17-30)26(20-12-14-22(32-2)15-13-20)28(25(18)19-8-4-3-5-9-19)23-10-6-7-11-24(23)29-27(28)31/h3-18,25-26H,1-2H3,(H,29,31)/t18-,25-,26-,28+/m0/s1. The number of methoxy groups -OCH3 is 1. The van der Waals surface area contributed by atoms with E-state index >= 15 is 0 Å². The molecule has 1 heterocycles. The van der Waals surface area contributed by atoms with Crippen molar-refractivity contribution in [3.63, 3.8) is 0 Å². The van der Waals surface area contributed by atoms with Gasteiger partial charge < -0.3 is 10.1 Å². The topological polar surface area (TPSA) is 55.4 Å². The van der Waals surface area contributed by atoms with Crippen LogP contribution in [0.2, 0.25) is 0 Å². The number of ether oxygens (including phenoxy) is 1. The van der Waals surface area contributed by atoms with Crippen molar-refractivity contribution in [1.29, 1.82) is 0 Å². The third-order valence-electron chi connectivity index (χ3n) is 7.00. The van der Waals surface area contributed by atoms with Crippen LogP contribution in [0, 0.1) is 5.92 Å². The summed E-state index contributed by atoms with van der Waals surface area (Å²) >= 11 is 0. The van der Waals surface area contributed by atoms with Gasteiger partial charge in [-0.1, -0.05) is 73.7 Å². The molecule has 160 valence electrons. The number of fused-ring (bicyclic) bond motifs is 2. The number of allylic oxidation sites excluding steroid dienone is 2. The molecule has 0 saturated carbocycles. The van der Waals surface area contributed by atoms with Crippen LogP contribution in [0.3, 0.4) is 0 Å². The molecule has 0 aromatic heterocycles. The van der Waals surface area contributed by atoms with Gasteiger partial charge in [-0.05, 0) is 46.4 Å². The summed E-state index contributed by atoms with van der Waals surface area (Å²) < 4.78 is 5.35. The number of aldehydes is 1. The van der Waals surface area contributed by atoms with Crippen LogP contribution in [0.25, 0.3) is 0 Å². The lowest BCUT2D eigenvalue weighted by Gasteiger charge is -2.48. The number of benzene rings is 3. The number of carbonyl (C=O) groups excluding carboxylic acids is 2. The SMILES string of the molecule is COc1ccc([C@H]2C(C=O)=C[C@H](C)[C@@H](c3ccccc3)[C@@]23C(=O)Nc2ccccc23)cc1. The Labute approximate surface area is 187 Å². The highest BCUT2D eigenvalue weighted by Gasteiger charge is 2.61. The number of anilines is 1. The molecule has 0 bridgehead atoms. The van der Waals surface area contributed by atoms with Crippen molar-refractivity contribution >= 4 is 17.9 Å². The molecule has 32 heavy (non-hydrogen) atoms. The van der Waals surface area contributed by atoms with Crippen molar-refractivity contribution in [3.05, 3.63) is 107 Å². The molecule has 1 amide bonds. The Bertz CT molecular complexity index is 1200. The normalized spacial score (nSPS) is 26.2. The maximum Gasteiger partial charge on any atom is 0.236 e. The zero-order valence-corrected chi connectivity index (χ0v) is 18.1. The van der Waals surface area contributed by atoms with Crippen LogP contribution in [0.15, 0.2) is 90.5 Å². The number of hydrogen-bond acceptors (Lipinski definition) is 3. The molecule has 0 unspecified atom stereocenters. The van der Waals surface area contributed by atoms with E-state index in [4.69, 9.17) is 4.74 Å². The summed E-state index contributed by atoms with van der Waals surface area (Å²) in [4.78, 5) is 26.4. The van der Waals surface area contributed by atoms with Gasteiger partial charge in [0.1, 0.15) is 12.0 Å². The summed E-state index contributed by atoms with van der Waals surface area (Å²) in [6.07, 6.45) is 2.96. The van der Waals surface area contributed by atoms with Gasteiger partial charge in [0.2, 0.25) is 5.91 Å². The summed E-state index contributed by atoms with van der Waals surface area (Å²) in [7, 11) is 1.63. The second-order valence-corrected chi connectivity index (χ2v) is 8.61. The quantitative estimate of drug-likeness (QED) is 0.585. The molecule has 4 atom stereocenters. The predicted molar refractivity (Wildman–Crippen MR) is 125 cm³/mol. The van der Waals surface area contributed by atoms with Crippen LogP contribution >= 0.6 is 0 Å². The zero-order chi connectivity index (χ0) is 22.3. The fourth-order valence-electron chi connectivity index (χ4n) is 5.84. The highest BCUT2D eigenvalue weighted by atomic mass is 16.5. The highest BCUT2D eigenvalue weighted by molar-refractivity contribution is 6.09. The molecule has 3 aromatic carbocycles. The van der Waals surface area contributed by atoms with E-state index in [0.29, 0.717) is 5.57 Å². The third kappa shape index (κ3) is 2.83. The van der Waals surface area contributed by atoms with E-state index in [9.17, 15) is 9.59 Å². The van der Waals surface area contributed by atoms with E-state index in [1.165, 1.54) is 0 Å². The first-order valence-corrected chi connectivity index (χ1v) is 10.9. The first kappa shape index (κ1) is 20.3. The molecule has 3 aromatic rings. The molecule has 1 spiro atoms. The van der Waals surface area contributed by atoms with Gasteiger partial charge in [0, 0.05) is 17.5 Å². The first-order valence-electron chi connectivity index (χ1n) is 10.9. The second-order valence-electron chi connectivity index (χ2n) is 8.61. The maximum atomic E-state index is 14.0. The molecule has 0 saturated heterocycles. The minimum atomic E-state index is -0.947. The fourth-order valence-corrected chi connectivity index (χ4v) is 5.84. The van der Waals surface area contributed by atoms with Crippen LogP contribution in [0.4, 0.5) is 5.69 Å². The van der Waals surface area contributed by atoms with Crippen LogP contribution in [-0.2, 0) is 15.0 Å². The number of amides is 1. The average molecular weight is 424 g/mol. The van der Waals surface area contributed by atoms with Gasteiger partial charge in [-0.15, -0.1) is 0 Å². The summed E-state index contributed by atoms with van der Waals surface area (Å²) in [6, 6.07) is 25.8. The number of para-hydroxylation sites is 1. The Hall–Kier alpha value is -3.66. The van der Waals surface area contributed by atoms with Gasteiger partial charge in [-0.2, -0.15) is 0 Å². The van der Waals surface area contributed by atoms with Crippen LogP contribution < -0.4 is 10.1 Å². The minimum absolute atomic E-state index is 0.0102. The van der Waals surface area contributed by atoms with E-state index < -0.39 is 11.3 Å². The van der Waals surface area contributed by atoms with Crippen molar-refractivity contribution in [2.45, 2.75) is 24.2 Å². The van der Waals surface area contributed by atoms with Crippen LogP contribution in [-0.4, -0.2) is 19.3 Å². The second kappa shape index (κ2) is 7.79. The lowest BCUT2D eigenvalue weighted by atomic mass is 9.52. The first-order chi connectivity index (χ1) is 15.6. The molecule has 5 rings (SSSR count). The molecule has 1 aliphatic carbocycles. The molecular weight excluding hydrogens is 398 g/mol. The minimum Gasteiger partial charge on any atom is -0.497 e. The lowest BCUT2D eigenvalue weighted by molar-refractivity contribution is -0.123. The molecular formula is C28H25NO3. The summed E-state index contributed by atoms with van der Waals surface area (Å²) in [6.45, 7) is 2.10. The summed E-state index contributed by atoms with van der Waals surface area (Å²) in [5.74, 6) is 0.107. The van der Waals surface area contributed by atoms with E-state index in [1.54, 1.807) is 7.11 Å². The number of carbonyl (C=O) groups is 2. The monoisotopic (exact) mass is 423 g/mol. The predicted octanol–water partition coefficient (Wildman–Crippen LogP) is 5.23. The largest absolute Gasteiger partial charge is 0.497 e. The van der Waals surface area contributed by atoms with E-state index in [2.05, 4.69) is 24.4 Å². The van der Waals surface area contributed by atoms with Crippen molar-refractivity contribution in [1.82, 2.24) is 0 Å². The molecule has 0 fully saturated rings. The Morgan fingerprint density at radius 1 is 0.906 bits per heavy atom. The van der Waals surface area contributed by atoms with Crippen LogP contribution in [0.5, 0.6) is 5.75 Å². The van der Waals surface area contributed by atoms with Gasteiger partial charge in [0.15, 0.2) is 0 Å². The van der Waals surface area contributed by atoms with Gasteiger partial charge >= 0.3 is 0 Å². The number of rotatable bonds is 4. The zero-order valence-electron chi connectivity index (χ0n) is 18.1. The lowest BCUT2D eigenvalue weighted by Crippen LogP contribution is -2.50. The van der Waals surface area contributed by atoms with E-state index in [0.717, 1.165) is 34.4 Å². The Kier molecular flexibility index (Phi) is 4.93. The average Bonchev–Trinajstić information content (AvgIpc) is 3.11. The summed E-state index contributed by atoms with van der Waals surface area (Å²) in [5, 5.41) is 3.14. The Morgan fingerprint density at radius 3 is 2.28 bits per heavy atom. The smallest absolute Gasteiger partial charge is 0.236 e. The molecule has 4 nitrogen and oxygen atoms in total. The summed E-state index contributed by atoms with van der Waals surface area (Å²) in [5.41, 5.74) is 3.46. The van der Waals surface area contributed by atoms with Gasteiger partial charge in [-0.3, -0.25) is 9.59 Å². The van der Waals surface area contributed by atoms with Crippen molar-refractivity contribution in [2.75, 3.05) is 12.4 Å². The fraction of sp³-hybridized carbons (Fsp3) is 0.214. The van der Waals surface area contributed by atoms with Crippen molar-refractivity contribution in [2.24, 2.45) is 5.92 Å². The Morgan fingerprint density at radius 2 is 1.59 bits per heavy atom. The van der Waals surface area contributed by atoms with Gasteiger partial charge in [0.25, 0.3) is 0 Å². The molecule has 2 aliphatic rings. The van der Waals surface area contributed by atoms with E-state index in [-0.39, 0.29) is 17.7 Å². The molecule has 0 radical (unpaired) electrons. The number of nitrogens with one attached hydrogen (secondary N) is 1. The Balaban J connectivity index is 1.85. The third-order valence-corrected chi connectivity index (χ3v) is 7.00. The van der Waals surface area contributed by atoms with Crippen molar-refractivity contribution in [3.8, 4) is 5.75 Å².